The quantitative estimate of drug-likeness (QED) is 0.757. The van der Waals surface area contributed by atoms with Crippen molar-refractivity contribution in [2.75, 3.05) is 6.54 Å². The van der Waals surface area contributed by atoms with Crippen LogP contribution in [0.2, 0.25) is 0 Å². The van der Waals surface area contributed by atoms with E-state index >= 15 is 0 Å². The molecule has 1 aromatic rings. The highest BCUT2D eigenvalue weighted by Gasteiger charge is 2.31. The van der Waals surface area contributed by atoms with Crippen LogP contribution in [0.15, 0.2) is 12.4 Å². The van der Waals surface area contributed by atoms with Crippen LogP contribution in [0.1, 0.15) is 57.2 Å². The summed E-state index contributed by atoms with van der Waals surface area (Å²) >= 11 is 0. The van der Waals surface area contributed by atoms with Gasteiger partial charge in [0.15, 0.2) is 0 Å². The summed E-state index contributed by atoms with van der Waals surface area (Å²) in [7, 11) is 0. The Morgan fingerprint density at radius 2 is 2.14 bits per heavy atom. The molecule has 0 radical (unpaired) electrons. The smallest absolute Gasteiger partial charge is 0.222 e. The van der Waals surface area contributed by atoms with Crippen molar-refractivity contribution in [1.29, 1.82) is 0 Å². The topological polar surface area (TPSA) is 67.2 Å². The van der Waals surface area contributed by atoms with Crippen molar-refractivity contribution in [2.45, 2.75) is 70.4 Å². The van der Waals surface area contributed by atoms with Crippen molar-refractivity contribution < 1.29 is 9.90 Å². The van der Waals surface area contributed by atoms with E-state index in [4.69, 9.17) is 0 Å². The lowest BCUT2D eigenvalue weighted by atomic mass is 9.82. The Bertz CT molecular complexity index is 450. The molecular weight excluding hydrogens is 266 g/mol. The molecular formula is C16H27N3O2. The average molecular weight is 293 g/mol. The molecule has 0 saturated heterocycles. The van der Waals surface area contributed by atoms with Crippen molar-refractivity contribution >= 4 is 5.91 Å². The average Bonchev–Trinajstić information content (AvgIpc) is 2.84. The van der Waals surface area contributed by atoms with E-state index in [1.54, 1.807) is 0 Å². The maximum Gasteiger partial charge on any atom is 0.222 e. The minimum Gasteiger partial charge on any atom is -0.389 e. The molecule has 118 valence electrons. The van der Waals surface area contributed by atoms with Crippen LogP contribution >= 0.6 is 0 Å². The molecule has 5 nitrogen and oxygen atoms in total. The summed E-state index contributed by atoms with van der Waals surface area (Å²) in [4.78, 5) is 16.1. The van der Waals surface area contributed by atoms with Crippen molar-refractivity contribution in [1.82, 2.24) is 14.9 Å². The number of hydrogen-bond acceptors (Lipinski definition) is 3. The molecule has 21 heavy (non-hydrogen) atoms. The monoisotopic (exact) mass is 293 g/mol. The van der Waals surface area contributed by atoms with E-state index in [1.807, 2.05) is 19.3 Å². The van der Waals surface area contributed by atoms with Gasteiger partial charge in [0.25, 0.3) is 0 Å². The Labute approximate surface area is 126 Å². The Kier molecular flexibility index (Phi) is 5.79. The summed E-state index contributed by atoms with van der Waals surface area (Å²) in [5, 5.41) is 13.3. The molecule has 5 heteroatoms. The van der Waals surface area contributed by atoms with E-state index in [0.717, 1.165) is 50.9 Å². The fraction of sp³-hybridized carbons (Fsp3) is 0.750. The van der Waals surface area contributed by atoms with Crippen molar-refractivity contribution in [3.8, 4) is 0 Å². The SMILES string of the molecule is Cc1nccn1CCCCNC(=O)CC1(O)CCCCC1. The van der Waals surface area contributed by atoms with Gasteiger partial charge in [0, 0.05) is 25.5 Å². The van der Waals surface area contributed by atoms with Crippen LogP contribution in [0.3, 0.4) is 0 Å². The highest BCUT2D eigenvalue weighted by atomic mass is 16.3. The zero-order valence-electron chi connectivity index (χ0n) is 13.0. The van der Waals surface area contributed by atoms with Gasteiger partial charge in [0.05, 0.1) is 12.0 Å². The summed E-state index contributed by atoms with van der Waals surface area (Å²) in [6, 6.07) is 0. The molecule has 1 saturated carbocycles. The highest BCUT2D eigenvalue weighted by molar-refractivity contribution is 5.76. The number of hydrogen-bond donors (Lipinski definition) is 2. The lowest BCUT2D eigenvalue weighted by molar-refractivity contribution is -0.127. The number of aliphatic hydroxyl groups is 1. The van der Waals surface area contributed by atoms with Gasteiger partial charge in [-0.25, -0.2) is 4.98 Å². The first-order valence-electron chi connectivity index (χ1n) is 8.06. The van der Waals surface area contributed by atoms with Crippen molar-refractivity contribution in [2.24, 2.45) is 0 Å². The number of amides is 1. The Morgan fingerprint density at radius 3 is 2.81 bits per heavy atom. The zero-order chi connectivity index (χ0) is 15.1. The van der Waals surface area contributed by atoms with Gasteiger partial charge in [-0.3, -0.25) is 4.79 Å². The predicted octanol–water partition coefficient (Wildman–Crippen LogP) is 2.17. The molecule has 1 heterocycles. The van der Waals surface area contributed by atoms with Crippen molar-refractivity contribution in [3.63, 3.8) is 0 Å². The third kappa shape index (κ3) is 5.16. The Hall–Kier alpha value is -1.36. The fourth-order valence-corrected chi connectivity index (χ4v) is 3.02. The van der Waals surface area contributed by atoms with Gasteiger partial charge in [0.2, 0.25) is 5.91 Å². The molecule has 0 atom stereocenters. The van der Waals surface area contributed by atoms with Crippen LogP contribution in [0.5, 0.6) is 0 Å². The van der Waals surface area contributed by atoms with Gasteiger partial charge in [-0.15, -0.1) is 0 Å². The molecule has 1 aromatic heterocycles. The summed E-state index contributed by atoms with van der Waals surface area (Å²) in [6.07, 6.45) is 10.8. The van der Waals surface area contributed by atoms with Crippen LogP contribution in [0.4, 0.5) is 0 Å². The van der Waals surface area contributed by atoms with Crippen LogP contribution < -0.4 is 5.32 Å². The minimum atomic E-state index is -0.754. The normalized spacial score (nSPS) is 17.6. The molecule has 1 fully saturated rings. The number of nitrogens with zero attached hydrogens (tertiary/aromatic N) is 2. The van der Waals surface area contributed by atoms with Gasteiger partial charge in [-0.1, -0.05) is 19.3 Å². The van der Waals surface area contributed by atoms with E-state index in [2.05, 4.69) is 14.9 Å². The number of carbonyl (C=O) groups excluding carboxylic acids is 1. The van der Waals surface area contributed by atoms with Crippen LogP contribution in [0.25, 0.3) is 0 Å². The van der Waals surface area contributed by atoms with Gasteiger partial charge in [-0.05, 0) is 32.6 Å². The second-order valence-electron chi connectivity index (χ2n) is 6.19. The number of unbranched alkanes of at least 4 members (excludes halogenated alkanes) is 1. The van der Waals surface area contributed by atoms with E-state index in [-0.39, 0.29) is 12.3 Å². The molecule has 0 aliphatic heterocycles. The first-order chi connectivity index (χ1) is 10.1. The van der Waals surface area contributed by atoms with Gasteiger partial charge in [0.1, 0.15) is 5.82 Å². The molecule has 0 bridgehead atoms. The number of carbonyl (C=O) groups is 1. The van der Waals surface area contributed by atoms with E-state index in [0.29, 0.717) is 6.54 Å². The molecule has 2 N–H and O–H groups in total. The number of aryl methyl sites for hydroxylation is 2. The number of imidazole rings is 1. The number of rotatable bonds is 7. The predicted molar refractivity (Wildman–Crippen MR) is 81.9 cm³/mol. The minimum absolute atomic E-state index is 0.0155. The fourth-order valence-electron chi connectivity index (χ4n) is 3.02. The Balaban J connectivity index is 1.58. The maximum absolute atomic E-state index is 11.9. The third-order valence-electron chi connectivity index (χ3n) is 4.35. The lowest BCUT2D eigenvalue weighted by Crippen LogP contribution is -2.38. The second kappa shape index (κ2) is 7.59. The summed E-state index contributed by atoms with van der Waals surface area (Å²) in [6.45, 7) is 3.61. The lowest BCUT2D eigenvalue weighted by Gasteiger charge is -2.31. The largest absolute Gasteiger partial charge is 0.389 e. The molecule has 0 unspecified atom stereocenters. The van der Waals surface area contributed by atoms with Gasteiger partial charge >= 0.3 is 0 Å². The van der Waals surface area contributed by atoms with E-state index in [1.165, 1.54) is 6.42 Å². The number of aromatic nitrogens is 2. The van der Waals surface area contributed by atoms with E-state index < -0.39 is 5.60 Å². The van der Waals surface area contributed by atoms with Crippen molar-refractivity contribution in [3.05, 3.63) is 18.2 Å². The first-order valence-corrected chi connectivity index (χ1v) is 8.06. The zero-order valence-corrected chi connectivity index (χ0v) is 13.0. The molecule has 0 spiro atoms. The summed E-state index contributed by atoms with van der Waals surface area (Å²) in [5.74, 6) is 1.01. The number of nitrogens with one attached hydrogen (secondary N) is 1. The standard InChI is InChI=1S/C16H27N3O2/c1-14-17-10-12-19(14)11-6-5-9-18-15(20)13-16(21)7-3-2-4-8-16/h10,12,21H,2-9,11,13H2,1H3,(H,18,20). The van der Waals surface area contributed by atoms with Crippen LogP contribution in [-0.4, -0.2) is 32.7 Å². The van der Waals surface area contributed by atoms with Crippen LogP contribution in [0, 0.1) is 6.92 Å². The molecule has 1 aliphatic rings. The molecule has 1 amide bonds. The molecule has 2 rings (SSSR count). The molecule has 0 aromatic carbocycles. The Morgan fingerprint density at radius 1 is 1.38 bits per heavy atom. The van der Waals surface area contributed by atoms with Gasteiger partial charge in [-0.2, -0.15) is 0 Å². The highest BCUT2D eigenvalue weighted by Crippen LogP contribution is 2.30. The summed E-state index contributed by atoms with van der Waals surface area (Å²) < 4.78 is 2.12. The van der Waals surface area contributed by atoms with Crippen LogP contribution in [-0.2, 0) is 11.3 Å². The van der Waals surface area contributed by atoms with E-state index in [9.17, 15) is 9.90 Å². The molecule has 1 aliphatic carbocycles. The summed E-state index contributed by atoms with van der Waals surface area (Å²) in [5.41, 5.74) is -0.754. The first kappa shape index (κ1) is 16.0. The third-order valence-corrected chi connectivity index (χ3v) is 4.35. The van der Waals surface area contributed by atoms with Gasteiger partial charge < -0.3 is 15.0 Å². The maximum atomic E-state index is 11.9. The second-order valence-corrected chi connectivity index (χ2v) is 6.19.